The van der Waals surface area contributed by atoms with Gasteiger partial charge in [-0.25, -0.2) is 0 Å². The molecule has 0 aliphatic carbocycles. The molecule has 0 saturated heterocycles. The second-order valence-corrected chi connectivity index (χ2v) is 13.9. The maximum absolute atomic E-state index is 12.7. The van der Waals surface area contributed by atoms with Gasteiger partial charge in [0.15, 0.2) is 8.32 Å². The van der Waals surface area contributed by atoms with Gasteiger partial charge in [0.1, 0.15) is 0 Å². The Morgan fingerprint density at radius 1 is 1.00 bits per heavy atom. The molecule has 0 spiro atoms. The number of hydrogen-bond donors (Lipinski definition) is 0. The molecule has 0 aliphatic rings. The van der Waals surface area contributed by atoms with Crippen LogP contribution in [0.15, 0.2) is 24.3 Å². The Kier molecular flexibility index (Phi) is 7.24. The lowest BCUT2D eigenvalue weighted by Gasteiger charge is -2.36. The zero-order chi connectivity index (χ0) is 17.7. The van der Waals surface area contributed by atoms with Crippen LogP contribution >= 0.6 is 7.60 Å². The summed E-state index contributed by atoms with van der Waals surface area (Å²) in [5.41, 5.74) is 1.07. The van der Waals surface area contributed by atoms with Gasteiger partial charge >= 0.3 is 7.60 Å². The molecule has 0 N–H and O–H groups in total. The van der Waals surface area contributed by atoms with Crippen LogP contribution in [0.3, 0.4) is 0 Å². The van der Waals surface area contributed by atoms with Crippen LogP contribution in [0.5, 0.6) is 0 Å². The predicted molar refractivity (Wildman–Crippen MR) is 98.9 cm³/mol. The van der Waals surface area contributed by atoms with E-state index in [-0.39, 0.29) is 5.04 Å². The van der Waals surface area contributed by atoms with Gasteiger partial charge in [-0.3, -0.25) is 4.57 Å². The van der Waals surface area contributed by atoms with Gasteiger partial charge in [0.25, 0.3) is 0 Å². The summed E-state index contributed by atoms with van der Waals surface area (Å²) in [5.74, 6) is 0. The normalized spacial score (nSPS) is 13.3. The fourth-order valence-corrected chi connectivity index (χ4v) is 4.31. The van der Waals surface area contributed by atoms with Crippen molar-refractivity contribution in [1.29, 1.82) is 0 Å². The molecule has 0 aliphatic heterocycles. The summed E-state index contributed by atoms with van der Waals surface area (Å²) in [6, 6.07) is 7.51. The fourth-order valence-electron chi connectivity index (χ4n) is 1.78. The van der Waals surface area contributed by atoms with Crippen LogP contribution in [0, 0.1) is 0 Å². The maximum atomic E-state index is 12.7. The highest BCUT2D eigenvalue weighted by atomic mass is 31.2. The first-order valence-electron chi connectivity index (χ1n) is 8.18. The van der Waals surface area contributed by atoms with Crippen LogP contribution in [0.4, 0.5) is 0 Å². The molecule has 1 aromatic carbocycles. The first-order chi connectivity index (χ1) is 10.6. The van der Waals surface area contributed by atoms with Crippen molar-refractivity contribution in [3.63, 3.8) is 0 Å². The van der Waals surface area contributed by atoms with Crippen LogP contribution < -0.4 is 5.30 Å². The molecule has 23 heavy (non-hydrogen) atoms. The van der Waals surface area contributed by atoms with Gasteiger partial charge < -0.3 is 13.5 Å². The molecular weight excluding hydrogens is 327 g/mol. The summed E-state index contributed by atoms with van der Waals surface area (Å²) in [7, 11) is -4.97. The average molecular weight is 358 g/mol. The highest BCUT2D eigenvalue weighted by molar-refractivity contribution is 7.62. The van der Waals surface area contributed by atoms with E-state index in [0.717, 1.165) is 5.56 Å². The molecule has 6 heteroatoms. The van der Waals surface area contributed by atoms with Crippen LogP contribution in [-0.2, 0) is 24.6 Å². The maximum Gasteiger partial charge on any atom is 0.361 e. The number of benzene rings is 1. The number of rotatable bonds is 8. The minimum atomic E-state index is -3.20. The van der Waals surface area contributed by atoms with Gasteiger partial charge in [-0.2, -0.15) is 0 Å². The first-order valence-corrected chi connectivity index (χ1v) is 12.6. The molecule has 132 valence electrons. The monoisotopic (exact) mass is 358 g/mol. The Labute approximate surface area is 142 Å². The molecule has 0 atom stereocenters. The standard InChI is InChI=1S/C17H31O4PSi/c1-8-19-22(18,20-9-2)16-12-10-15(11-13-16)14-21-23(6,7)17(3,4)5/h10-13H,8-9,14H2,1-7H3. The van der Waals surface area contributed by atoms with Crippen molar-refractivity contribution in [3.05, 3.63) is 29.8 Å². The Morgan fingerprint density at radius 3 is 1.87 bits per heavy atom. The average Bonchev–Trinajstić information content (AvgIpc) is 2.45. The molecule has 0 radical (unpaired) electrons. The third-order valence-electron chi connectivity index (χ3n) is 4.26. The van der Waals surface area contributed by atoms with Gasteiger partial charge in [-0.1, -0.05) is 32.9 Å². The van der Waals surface area contributed by atoms with Gasteiger partial charge in [0, 0.05) is 0 Å². The molecule has 0 heterocycles. The predicted octanol–water partition coefficient (Wildman–Crippen LogP) is 5.10. The van der Waals surface area contributed by atoms with Crippen molar-refractivity contribution in [1.82, 2.24) is 0 Å². The highest BCUT2D eigenvalue weighted by Crippen LogP contribution is 2.46. The highest BCUT2D eigenvalue weighted by Gasteiger charge is 2.37. The summed E-state index contributed by atoms with van der Waals surface area (Å²) >= 11 is 0. The molecule has 0 unspecified atom stereocenters. The molecule has 4 nitrogen and oxygen atoms in total. The summed E-state index contributed by atoms with van der Waals surface area (Å²) in [5, 5.41) is 0.782. The van der Waals surface area contributed by atoms with Gasteiger partial charge in [0.05, 0.1) is 25.1 Å². The van der Waals surface area contributed by atoms with E-state index < -0.39 is 15.9 Å². The molecule has 0 aromatic heterocycles. The Morgan fingerprint density at radius 2 is 1.48 bits per heavy atom. The van der Waals surface area contributed by atoms with Crippen molar-refractivity contribution >= 4 is 21.2 Å². The van der Waals surface area contributed by atoms with Gasteiger partial charge in [0.2, 0.25) is 0 Å². The Balaban J connectivity index is 2.83. The van der Waals surface area contributed by atoms with Crippen molar-refractivity contribution in [2.75, 3.05) is 13.2 Å². The van der Waals surface area contributed by atoms with E-state index >= 15 is 0 Å². The number of hydrogen-bond acceptors (Lipinski definition) is 4. The van der Waals surface area contributed by atoms with Crippen LogP contribution in [0.2, 0.25) is 18.1 Å². The summed E-state index contributed by atoms with van der Waals surface area (Å²) in [4.78, 5) is 0. The van der Waals surface area contributed by atoms with E-state index in [2.05, 4.69) is 33.9 Å². The van der Waals surface area contributed by atoms with E-state index in [0.29, 0.717) is 25.1 Å². The zero-order valence-corrected chi connectivity index (χ0v) is 17.4. The van der Waals surface area contributed by atoms with Crippen molar-refractivity contribution < 1.29 is 18.0 Å². The smallest absolute Gasteiger partial charge is 0.361 e. The molecule has 0 amide bonds. The van der Waals surface area contributed by atoms with Gasteiger partial charge in [-0.05, 0) is 49.7 Å². The van der Waals surface area contributed by atoms with Crippen LogP contribution in [0.25, 0.3) is 0 Å². The van der Waals surface area contributed by atoms with Crippen LogP contribution in [0.1, 0.15) is 40.2 Å². The first kappa shape index (κ1) is 20.6. The third-order valence-corrected chi connectivity index (χ3v) is 10.9. The van der Waals surface area contributed by atoms with E-state index in [4.69, 9.17) is 13.5 Å². The lowest BCUT2D eigenvalue weighted by atomic mass is 10.2. The lowest BCUT2D eigenvalue weighted by molar-refractivity contribution is 0.230. The van der Waals surface area contributed by atoms with Crippen molar-refractivity contribution in [2.24, 2.45) is 0 Å². The van der Waals surface area contributed by atoms with Crippen molar-refractivity contribution in [2.45, 2.75) is 59.4 Å². The summed E-state index contributed by atoms with van der Waals surface area (Å²) in [6.07, 6.45) is 0. The molecule has 0 bridgehead atoms. The second-order valence-electron chi connectivity index (χ2n) is 7.05. The fraction of sp³-hybridized carbons (Fsp3) is 0.647. The van der Waals surface area contributed by atoms with E-state index in [1.54, 1.807) is 0 Å². The van der Waals surface area contributed by atoms with Crippen LogP contribution in [-0.4, -0.2) is 21.5 Å². The van der Waals surface area contributed by atoms with E-state index in [1.807, 2.05) is 38.1 Å². The third kappa shape index (κ3) is 5.54. The molecule has 0 fully saturated rings. The molecule has 1 aromatic rings. The Hall–Kier alpha value is -0.453. The minimum Gasteiger partial charge on any atom is -0.413 e. The zero-order valence-electron chi connectivity index (χ0n) is 15.5. The quantitative estimate of drug-likeness (QED) is 0.479. The lowest BCUT2D eigenvalue weighted by Crippen LogP contribution is -2.40. The SMILES string of the molecule is CCOP(=O)(OCC)c1ccc(CO[Si](C)(C)C(C)(C)C)cc1. The van der Waals surface area contributed by atoms with E-state index in [9.17, 15) is 4.57 Å². The largest absolute Gasteiger partial charge is 0.413 e. The summed E-state index contributed by atoms with van der Waals surface area (Å²) < 4.78 is 29.6. The molecule has 0 saturated carbocycles. The minimum absolute atomic E-state index is 0.187. The topological polar surface area (TPSA) is 44.8 Å². The van der Waals surface area contributed by atoms with E-state index in [1.165, 1.54) is 0 Å². The molecular formula is C17H31O4PSi. The van der Waals surface area contributed by atoms with Gasteiger partial charge in [-0.15, -0.1) is 0 Å². The van der Waals surface area contributed by atoms with Crippen molar-refractivity contribution in [3.8, 4) is 0 Å². The molecule has 1 rings (SSSR count). The second kappa shape index (κ2) is 8.08. The summed E-state index contributed by atoms with van der Waals surface area (Å²) in [6.45, 7) is 16.1. The Bertz CT molecular complexity index is 525.